The molecule has 0 N–H and O–H groups in total. The molecular weight excluding hydrogens is 476 g/mol. The molecule has 3 heterocycles. The van der Waals surface area contributed by atoms with Gasteiger partial charge in [0.05, 0.1) is 12.1 Å². The zero-order valence-corrected chi connectivity index (χ0v) is 22.9. The normalized spacial score (nSPS) is 20.9. The Bertz CT molecular complexity index is 1370. The highest BCUT2D eigenvalue weighted by molar-refractivity contribution is 5.86. The van der Waals surface area contributed by atoms with Crippen LogP contribution in [-0.2, 0) is 7.05 Å². The molecule has 2 fully saturated rings. The number of pyridine rings is 1. The number of piperazine rings is 1. The fraction of sp³-hybridized carbons (Fsp3) is 0.533. The lowest BCUT2D eigenvalue weighted by Crippen LogP contribution is -2.58. The number of aromatic nitrogens is 3. The lowest BCUT2D eigenvalue weighted by atomic mass is 9.96. The summed E-state index contributed by atoms with van der Waals surface area (Å²) in [5, 5.41) is 9.44. The predicted molar refractivity (Wildman–Crippen MR) is 149 cm³/mol. The first kappa shape index (κ1) is 26.2. The highest BCUT2D eigenvalue weighted by Gasteiger charge is 2.36. The average molecular weight is 515 g/mol. The number of fused-ring (bicyclic) bond motifs is 1. The number of anilines is 1. The highest BCUT2D eigenvalue weighted by Crippen LogP contribution is 2.35. The van der Waals surface area contributed by atoms with Crippen molar-refractivity contribution in [1.82, 2.24) is 19.4 Å². The fourth-order valence-corrected chi connectivity index (χ4v) is 5.77. The van der Waals surface area contributed by atoms with Crippen molar-refractivity contribution in [2.24, 2.45) is 13.0 Å². The maximum atomic E-state index is 12.8. The van der Waals surface area contributed by atoms with Crippen molar-refractivity contribution >= 4 is 16.9 Å². The van der Waals surface area contributed by atoms with Gasteiger partial charge in [0.25, 0.3) is 0 Å². The Morgan fingerprint density at radius 3 is 2.53 bits per heavy atom. The molecule has 3 atom stereocenters. The van der Waals surface area contributed by atoms with Crippen LogP contribution in [0.4, 0.5) is 5.82 Å². The van der Waals surface area contributed by atoms with Crippen LogP contribution >= 0.6 is 0 Å². The van der Waals surface area contributed by atoms with Crippen molar-refractivity contribution < 1.29 is 4.74 Å². The third-order valence-corrected chi connectivity index (χ3v) is 8.22. The van der Waals surface area contributed by atoms with Gasteiger partial charge < -0.3 is 9.64 Å². The summed E-state index contributed by atoms with van der Waals surface area (Å²) in [7, 11) is 1.70. The Hall–Kier alpha value is -3.44. The Kier molecular flexibility index (Phi) is 7.66. The number of ether oxygens (including phenoxy) is 1. The summed E-state index contributed by atoms with van der Waals surface area (Å²) in [6.07, 6.45) is 5.85. The molecule has 2 aromatic heterocycles. The van der Waals surface area contributed by atoms with E-state index >= 15 is 0 Å². The molecule has 2 aliphatic rings. The van der Waals surface area contributed by atoms with Crippen LogP contribution in [0.3, 0.4) is 0 Å². The van der Waals surface area contributed by atoms with Gasteiger partial charge in [0.2, 0.25) is 0 Å². The van der Waals surface area contributed by atoms with Crippen LogP contribution in [0.25, 0.3) is 11.0 Å². The quantitative estimate of drug-likeness (QED) is 0.405. The number of benzene rings is 1. The Morgan fingerprint density at radius 2 is 1.87 bits per heavy atom. The molecule has 0 spiro atoms. The number of hydrogen-bond donors (Lipinski definition) is 0. The van der Waals surface area contributed by atoms with Crippen molar-refractivity contribution in [3.8, 4) is 11.8 Å². The van der Waals surface area contributed by atoms with E-state index in [0.717, 1.165) is 50.6 Å². The van der Waals surface area contributed by atoms with E-state index in [1.54, 1.807) is 19.2 Å². The molecule has 1 saturated heterocycles. The second-order valence-electron chi connectivity index (χ2n) is 10.8. The summed E-state index contributed by atoms with van der Waals surface area (Å²) < 4.78 is 7.48. The van der Waals surface area contributed by atoms with Gasteiger partial charge in [-0.3, -0.25) is 9.47 Å². The zero-order chi connectivity index (χ0) is 26.8. The lowest BCUT2D eigenvalue weighted by molar-refractivity contribution is 0.0939. The number of nitriles is 1. The topological polar surface area (TPSA) is 87.3 Å². The molecular formula is C30H38N6O2. The molecule has 0 amide bonds. The van der Waals surface area contributed by atoms with E-state index < -0.39 is 0 Å². The second-order valence-corrected chi connectivity index (χ2v) is 10.8. The summed E-state index contributed by atoms with van der Waals surface area (Å²) in [5.41, 5.74) is 2.60. The van der Waals surface area contributed by atoms with Crippen molar-refractivity contribution in [2.75, 3.05) is 24.6 Å². The molecule has 1 aliphatic heterocycles. The lowest BCUT2D eigenvalue weighted by Gasteiger charge is -2.49. The van der Waals surface area contributed by atoms with Gasteiger partial charge in [0, 0.05) is 38.3 Å². The van der Waals surface area contributed by atoms with Crippen molar-refractivity contribution in [3.63, 3.8) is 0 Å². The molecule has 200 valence electrons. The van der Waals surface area contributed by atoms with Gasteiger partial charge in [0.1, 0.15) is 23.0 Å². The van der Waals surface area contributed by atoms with Gasteiger partial charge in [0.15, 0.2) is 5.82 Å². The average Bonchev–Trinajstić information content (AvgIpc) is 3.76. The molecule has 1 aromatic carbocycles. The molecule has 0 bridgehead atoms. The Balaban J connectivity index is 1.38. The number of nitrogens with zero attached hydrogens (tertiary/aromatic N) is 6. The van der Waals surface area contributed by atoms with Crippen molar-refractivity contribution in [3.05, 3.63) is 58.1 Å². The monoisotopic (exact) mass is 514 g/mol. The number of aryl methyl sites for hydroxylation is 1. The summed E-state index contributed by atoms with van der Waals surface area (Å²) in [5.74, 6) is 2.40. The van der Waals surface area contributed by atoms with Crippen LogP contribution in [-0.4, -0.2) is 51.2 Å². The third-order valence-electron chi connectivity index (χ3n) is 8.22. The Morgan fingerprint density at radius 1 is 1.11 bits per heavy atom. The van der Waals surface area contributed by atoms with Crippen LogP contribution < -0.4 is 15.3 Å². The first-order valence-electron chi connectivity index (χ1n) is 14.0. The SMILES string of the molecule is CCC(c1ccc(OCCC2CC2)cc1)N1C[C@H](C)N(c2nc(=O)n(C)c3ccc(C#N)nc23)C[C@H]1CC. The van der Waals surface area contributed by atoms with E-state index in [0.29, 0.717) is 28.6 Å². The minimum absolute atomic E-state index is 0.118. The Labute approximate surface area is 224 Å². The van der Waals surface area contributed by atoms with E-state index in [1.807, 2.05) is 0 Å². The van der Waals surface area contributed by atoms with E-state index in [9.17, 15) is 10.1 Å². The zero-order valence-electron chi connectivity index (χ0n) is 22.9. The molecule has 5 rings (SSSR count). The minimum Gasteiger partial charge on any atom is -0.494 e. The van der Waals surface area contributed by atoms with E-state index in [-0.39, 0.29) is 17.8 Å². The first-order chi connectivity index (χ1) is 18.4. The molecule has 8 nitrogen and oxygen atoms in total. The first-order valence-corrected chi connectivity index (χ1v) is 14.0. The maximum Gasteiger partial charge on any atom is 0.349 e. The number of rotatable bonds is 9. The predicted octanol–water partition coefficient (Wildman–Crippen LogP) is 4.82. The number of hydrogen-bond acceptors (Lipinski definition) is 7. The van der Waals surface area contributed by atoms with Crippen LogP contribution in [0, 0.1) is 17.2 Å². The second kappa shape index (κ2) is 11.1. The third kappa shape index (κ3) is 5.25. The summed E-state index contributed by atoms with van der Waals surface area (Å²) in [6, 6.07) is 14.9. The smallest absolute Gasteiger partial charge is 0.349 e. The van der Waals surface area contributed by atoms with E-state index in [2.05, 4.69) is 70.9 Å². The van der Waals surface area contributed by atoms with Gasteiger partial charge in [-0.15, -0.1) is 0 Å². The molecule has 1 saturated carbocycles. The van der Waals surface area contributed by atoms with Crippen molar-refractivity contribution in [2.45, 2.75) is 71.0 Å². The van der Waals surface area contributed by atoms with Crippen molar-refractivity contribution in [1.29, 1.82) is 5.26 Å². The minimum atomic E-state index is -0.312. The molecule has 1 aliphatic carbocycles. The summed E-state index contributed by atoms with van der Waals surface area (Å²) in [4.78, 5) is 26.6. The standard InChI is InChI=1S/C30H38N6O2/c1-5-24-19-35(29-28-27(34(4)30(37)33-29)14-11-23(17-31)32-28)20(3)18-36(24)26(6-2)22-9-12-25(13-10-22)38-16-15-21-7-8-21/h9-14,20-21,24,26H,5-8,15-16,18-19H2,1-4H3/t20-,24+,26?/m0/s1. The maximum absolute atomic E-state index is 12.8. The summed E-state index contributed by atoms with van der Waals surface area (Å²) in [6.45, 7) is 9.03. The molecule has 8 heteroatoms. The summed E-state index contributed by atoms with van der Waals surface area (Å²) >= 11 is 0. The molecule has 3 aromatic rings. The molecule has 38 heavy (non-hydrogen) atoms. The molecule has 0 radical (unpaired) electrons. The van der Waals surface area contributed by atoms with Gasteiger partial charge >= 0.3 is 5.69 Å². The van der Waals surface area contributed by atoms with Crippen LogP contribution in [0.1, 0.15) is 70.2 Å². The van der Waals surface area contributed by atoms with Gasteiger partial charge in [-0.2, -0.15) is 10.2 Å². The van der Waals surface area contributed by atoms with Gasteiger partial charge in [-0.05, 0) is 61.9 Å². The molecule has 1 unspecified atom stereocenters. The van der Waals surface area contributed by atoms with Crippen LogP contribution in [0.2, 0.25) is 0 Å². The van der Waals surface area contributed by atoms with Gasteiger partial charge in [-0.1, -0.05) is 38.8 Å². The van der Waals surface area contributed by atoms with Gasteiger partial charge in [-0.25, -0.2) is 9.78 Å². The van der Waals surface area contributed by atoms with Crippen LogP contribution in [0.5, 0.6) is 5.75 Å². The highest BCUT2D eigenvalue weighted by atomic mass is 16.5. The van der Waals surface area contributed by atoms with E-state index in [1.165, 1.54) is 23.0 Å². The largest absolute Gasteiger partial charge is 0.494 e. The van der Waals surface area contributed by atoms with Crippen LogP contribution in [0.15, 0.2) is 41.2 Å². The fourth-order valence-electron chi connectivity index (χ4n) is 5.77. The van der Waals surface area contributed by atoms with E-state index in [4.69, 9.17) is 4.74 Å².